The highest BCUT2D eigenvalue weighted by Gasteiger charge is 2.37. The summed E-state index contributed by atoms with van der Waals surface area (Å²) in [6.45, 7) is 13.1. The zero-order valence-corrected chi connectivity index (χ0v) is 13.8. The number of aliphatic carboxylic acids is 1. The Labute approximate surface area is 120 Å². The molecule has 2 heteroatoms. The first-order chi connectivity index (χ1) is 8.69. The summed E-state index contributed by atoms with van der Waals surface area (Å²) in [5, 5.41) is 9.76. The molecule has 0 fully saturated rings. The van der Waals surface area contributed by atoms with E-state index in [0.717, 1.165) is 38.5 Å². The van der Waals surface area contributed by atoms with Gasteiger partial charge in [-0.2, -0.15) is 0 Å². The van der Waals surface area contributed by atoms with Crippen LogP contribution >= 0.6 is 0 Å². The Bertz CT molecular complexity index is 223. The molecule has 2 nitrogen and oxygen atoms in total. The maximum atomic E-state index is 11.9. The van der Waals surface area contributed by atoms with Crippen molar-refractivity contribution in [3.8, 4) is 0 Å². The molecule has 0 aliphatic rings. The van der Waals surface area contributed by atoms with Crippen molar-refractivity contribution in [1.82, 2.24) is 0 Å². The zero-order valence-electron chi connectivity index (χ0n) is 13.8. The summed E-state index contributed by atoms with van der Waals surface area (Å²) in [7, 11) is 0. The standard InChI is InChI=1S/C17H34O2/c1-13(2)7-10-17(16(18)19,11-8-14(3)4)12-9-15(5)6/h13-15H,7-12H2,1-6H3,(H,18,19). The smallest absolute Gasteiger partial charge is 0.309 e. The SMILES string of the molecule is CC(C)CCC(CCC(C)C)(CCC(C)C)C(=O)O. The molecule has 0 aromatic heterocycles. The number of rotatable bonds is 10. The molecule has 1 N–H and O–H groups in total. The Morgan fingerprint density at radius 2 is 1.05 bits per heavy atom. The molecule has 0 atom stereocenters. The second-order valence-corrected chi connectivity index (χ2v) is 7.38. The summed E-state index contributed by atoms with van der Waals surface area (Å²) < 4.78 is 0. The molecule has 0 amide bonds. The minimum absolute atomic E-state index is 0.487. The van der Waals surface area contributed by atoms with Crippen molar-refractivity contribution < 1.29 is 9.90 Å². The van der Waals surface area contributed by atoms with Gasteiger partial charge >= 0.3 is 5.97 Å². The summed E-state index contributed by atoms with van der Waals surface area (Å²) in [5.41, 5.74) is -0.487. The lowest BCUT2D eigenvalue weighted by Gasteiger charge is -2.31. The summed E-state index contributed by atoms with van der Waals surface area (Å²) in [4.78, 5) is 11.9. The summed E-state index contributed by atoms with van der Waals surface area (Å²) in [5.74, 6) is 1.17. The van der Waals surface area contributed by atoms with Gasteiger partial charge in [-0.25, -0.2) is 0 Å². The molecule has 0 rings (SSSR count). The Balaban J connectivity index is 4.82. The molecule has 0 saturated heterocycles. The lowest BCUT2D eigenvalue weighted by Crippen LogP contribution is -2.32. The third kappa shape index (κ3) is 7.59. The first-order valence-electron chi connectivity index (χ1n) is 7.93. The van der Waals surface area contributed by atoms with Gasteiger partial charge in [0, 0.05) is 0 Å². The lowest BCUT2D eigenvalue weighted by atomic mass is 9.72. The Morgan fingerprint density at radius 3 is 1.21 bits per heavy atom. The van der Waals surface area contributed by atoms with E-state index in [4.69, 9.17) is 0 Å². The molecule has 0 radical (unpaired) electrons. The van der Waals surface area contributed by atoms with Gasteiger partial charge < -0.3 is 5.11 Å². The second kappa shape index (κ2) is 8.60. The number of hydrogen-bond donors (Lipinski definition) is 1. The molecular weight excluding hydrogens is 236 g/mol. The third-order valence-electron chi connectivity index (χ3n) is 4.05. The van der Waals surface area contributed by atoms with Crippen LogP contribution in [0.3, 0.4) is 0 Å². The van der Waals surface area contributed by atoms with Crippen LogP contribution in [0.25, 0.3) is 0 Å². The van der Waals surface area contributed by atoms with E-state index >= 15 is 0 Å². The van der Waals surface area contributed by atoms with Crippen molar-refractivity contribution >= 4 is 5.97 Å². The van der Waals surface area contributed by atoms with E-state index in [1.165, 1.54) is 0 Å². The Hall–Kier alpha value is -0.530. The van der Waals surface area contributed by atoms with Crippen molar-refractivity contribution in [2.45, 2.75) is 80.1 Å². The highest BCUT2D eigenvalue weighted by Crippen LogP contribution is 2.38. The zero-order chi connectivity index (χ0) is 15.1. The van der Waals surface area contributed by atoms with Crippen molar-refractivity contribution in [2.24, 2.45) is 23.2 Å². The molecule has 0 bridgehead atoms. The van der Waals surface area contributed by atoms with Crippen LogP contribution in [-0.4, -0.2) is 11.1 Å². The van der Waals surface area contributed by atoms with E-state index in [1.807, 2.05) is 0 Å². The van der Waals surface area contributed by atoms with Crippen LogP contribution in [0, 0.1) is 23.2 Å². The van der Waals surface area contributed by atoms with E-state index < -0.39 is 11.4 Å². The summed E-state index contributed by atoms with van der Waals surface area (Å²) >= 11 is 0. The van der Waals surface area contributed by atoms with Crippen LogP contribution in [0.2, 0.25) is 0 Å². The van der Waals surface area contributed by atoms with Crippen molar-refractivity contribution in [3.63, 3.8) is 0 Å². The maximum Gasteiger partial charge on any atom is 0.309 e. The van der Waals surface area contributed by atoms with Crippen LogP contribution in [0.1, 0.15) is 80.1 Å². The van der Waals surface area contributed by atoms with Crippen LogP contribution in [-0.2, 0) is 4.79 Å². The van der Waals surface area contributed by atoms with Gasteiger partial charge in [0.05, 0.1) is 5.41 Å². The fraction of sp³-hybridized carbons (Fsp3) is 0.941. The van der Waals surface area contributed by atoms with E-state index in [1.54, 1.807) is 0 Å². The molecule has 0 aliphatic carbocycles. The van der Waals surface area contributed by atoms with Crippen LogP contribution < -0.4 is 0 Å². The van der Waals surface area contributed by atoms with Gasteiger partial charge in [0.15, 0.2) is 0 Å². The molecule has 0 heterocycles. The normalized spacial score (nSPS) is 12.7. The van der Waals surface area contributed by atoms with E-state index in [2.05, 4.69) is 41.5 Å². The average Bonchev–Trinajstić information content (AvgIpc) is 2.27. The van der Waals surface area contributed by atoms with Gasteiger partial charge in [0.1, 0.15) is 0 Å². The van der Waals surface area contributed by atoms with Crippen LogP contribution in [0.15, 0.2) is 0 Å². The predicted octanol–water partition coefficient (Wildman–Crippen LogP) is 5.37. The largest absolute Gasteiger partial charge is 0.481 e. The molecule has 19 heavy (non-hydrogen) atoms. The number of hydrogen-bond acceptors (Lipinski definition) is 1. The molecule has 0 aromatic rings. The van der Waals surface area contributed by atoms with E-state index in [9.17, 15) is 9.90 Å². The number of carbonyl (C=O) groups is 1. The molecule has 0 unspecified atom stereocenters. The van der Waals surface area contributed by atoms with Gasteiger partial charge in [-0.3, -0.25) is 4.79 Å². The van der Waals surface area contributed by atoms with Crippen LogP contribution in [0.5, 0.6) is 0 Å². The van der Waals surface area contributed by atoms with E-state index in [-0.39, 0.29) is 0 Å². The lowest BCUT2D eigenvalue weighted by molar-refractivity contribution is -0.151. The highest BCUT2D eigenvalue weighted by atomic mass is 16.4. The predicted molar refractivity (Wildman–Crippen MR) is 82.3 cm³/mol. The summed E-state index contributed by atoms with van der Waals surface area (Å²) in [6.07, 6.45) is 5.55. The quantitative estimate of drug-likeness (QED) is 0.579. The fourth-order valence-corrected chi connectivity index (χ4v) is 2.39. The minimum Gasteiger partial charge on any atom is -0.481 e. The number of carboxylic acids is 1. The summed E-state index contributed by atoms with van der Waals surface area (Å²) in [6, 6.07) is 0. The topological polar surface area (TPSA) is 37.3 Å². The van der Waals surface area contributed by atoms with Gasteiger partial charge in [0.2, 0.25) is 0 Å². The van der Waals surface area contributed by atoms with Crippen molar-refractivity contribution in [2.75, 3.05) is 0 Å². The highest BCUT2D eigenvalue weighted by molar-refractivity contribution is 5.74. The van der Waals surface area contributed by atoms with Gasteiger partial charge in [-0.15, -0.1) is 0 Å². The Kier molecular flexibility index (Phi) is 8.36. The third-order valence-corrected chi connectivity index (χ3v) is 4.05. The monoisotopic (exact) mass is 270 g/mol. The van der Waals surface area contributed by atoms with Gasteiger partial charge in [-0.05, 0) is 56.3 Å². The van der Waals surface area contributed by atoms with Gasteiger partial charge in [-0.1, -0.05) is 41.5 Å². The number of carboxylic acid groups (broad SMARTS) is 1. The second-order valence-electron chi connectivity index (χ2n) is 7.38. The molecule has 114 valence electrons. The van der Waals surface area contributed by atoms with Crippen molar-refractivity contribution in [1.29, 1.82) is 0 Å². The van der Waals surface area contributed by atoms with Gasteiger partial charge in [0.25, 0.3) is 0 Å². The fourth-order valence-electron chi connectivity index (χ4n) is 2.39. The first-order valence-corrected chi connectivity index (χ1v) is 7.93. The molecule has 0 aliphatic heterocycles. The minimum atomic E-state index is -0.575. The van der Waals surface area contributed by atoms with Crippen LogP contribution in [0.4, 0.5) is 0 Å². The Morgan fingerprint density at radius 1 is 0.789 bits per heavy atom. The maximum absolute atomic E-state index is 11.9. The molecule has 0 saturated carbocycles. The molecular formula is C17H34O2. The van der Waals surface area contributed by atoms with Crippen molar-refractivity contribution in [3.05, 3.63) is 0 Å². The molecule has 0 spiro atoms. The average molecular weight is 270 g/mol. The molecule has 0 aromatic carbocycles. The van der Waals surface area contributed by atoms with E-state index in [0.29, 0.717) is 17.8 Å². The first kappa shape index (κ1) is 18.5.